The minimum atomic E-state index is -1.33. The molecule has 2 aromatic carbocycles. The van der Waals surface area contributed by atoms with E-state index in [0.29, 0.717) is 17.9 Å². The number of benzene rings is 2. The van der Waals surface area contributed by atoms with E-state index < -0.39 is 6.16 Å². The molecule has 0 saturated carbocycles. The van der Waals surface area contributed by atoms with E-state index in [-0.39, 0.29) is 5.75 Å². The number of aryl methyl sites for hydroxylation is 1. The van der Waals surface area contributed by atoms with Crippen LogP contribution in [0, 0.1) is 6.92 Å². The second-order valence-electron chi connectivity index (χ2n) is 5.64. The molecule has 0 saturated heterocycles. The quantitative estimate of drug-likeness (QED) is 0.436. The van der Waals surface area contributed by atoms with E-state index in [9.17, 15) is 4.79 Å². The molecule has 0 atom stereocenters. The van der Waals surface area contributed by atoms with Crippen LogP contribution in [0.15, 0.2) is 55.1 Å². The lowest BCUT2D eigenvalue weighted by molar-refractivity contribution is 0.144. The number of ether oxygens (including phenoxy) is 3. The number of methoxy groups -OCH3 is 2. The predicted molar refractivity (Wildman–Crippen MR) is 101 cm³/mol. The van der Waals surface area contributed by atoms with Crippen LogP contribution in [0.25, 0.3) is 5.57 Å². The van der Waals surface area contributed by atoms with Crippen molar-refractivity contribution in [3.8, 4) is 17.2 Å². The third-order valence-electron chi connectivity index (χ3n) is 3.92. The molecule has 0 amide bonds. The van der Waals surface area contributed by atoms with Crippen LogP contribution in [0.5, 0.6) is 17.2 Å². The zero-order chi connectivity index (χ0) is 19.1. The molecule has 0 unspecified atom stereocenters. The summed E-state index contributed by atoms with van der Waals surface area (Å²) >= 11 is 0. The molecule has 0 aromatic heterocycles. The Labute approximate surface area is 153 Å². The van der Waals surface area contributed by atoms with Crippen molar-refractivity contribution < 1.29 is 24.1 Å². The second-order valence-corrected chi connectivity index (χ2v) is 5.64. The molecule has 2 aromatic rings. The van der Waals surface area contributed by atoms with Crippen molar-refractivity contribution in [3.63, 3.8) is 0 Å². The standard InChI is InChI=1S/C21H22O5/c1-5-6-16(12-15-7-9-17(10-8-15)26-21(22)23)18-13-20(25-4)19(24-3)11-14(18)2/h5-11,13H,1,12H2,2-4H3,(H,22,23)/b16-6-. The number of hydrogen-bond donors (Lipinski definition) is 1. The molecule has 5 heteroatoms. The van der Waals surface area contributed by atoms with Crippen LogP contribution in [-0.2, 0) is 6.42 Å². The lowest BCUT2D eigenvalue weighted by Crippen LogP contribution is -2.03. The van der Waals surface area contributed by atoms with Crippen molar-refractivity contribution in [2.24, 2.45) is 0 Å². The van der Waals surface area contributed by atoms with Gasteiger partial charge in [-0.3, -0.25) is 0 Å². The third kappa shape index (κ3) is 4.66. The molecule has 0 fully saturated rings. The first-order valence-corrected chi connectivity index (χ1v) is 8.02. The van der Waals surface area contributed by atoms with Crippen LogP contribution >= 0.6 is 0 Å². The van der Waals surface area contributed by atoms with E-state index in [1.54, 1.807) is 32.4 Å². The summed E-state index contributed by atoms with van der Waals surface area (Å²) in [6.07, 6.45) is 3.02. The van der Waals surface area contributed by atoms with Crippen LogP contribution in [0.4, 0.5) is 4.79 Å². The highest BCUT2D eigenvalue weighted by Crippen LogP contribution is 2.34. The maximum Gasteiger partial charge on any atom is 0.511 e. The van der Waals surface area contributed by atoms with Crippen LogP contribution in [0.2, 0.25) is 0 Å². The Kier molecular flexibility index (Phi) is 6.44. The van der Waals surface area contributed by atoms with Gasteiger partial charge >= 0.3 is 6.16 Å². The van der Waals surface area contributed by atoms with Gasteiger partial charge in [-0.1, -0.05) is 30.9 Å². The van der Waals surface area contributed by atoms with Crippen LogP contribution < -0.4 is 14.2 Å². The van der Waals surface area contributed by atoms with Gasteiger partial charge in [-0.15, -0.1) is 0 Å². The van der Waals surface area contributed by atoms with Crippen LogP contribution in [-0.4, -0.2) is 25.5 Å². The smallest absolute Gasteiger partial charge is 0.493 e. The number of rotatable bonds is 7. The summed E-state index contributed by atoms with van der Waals surface area (Å²) in [4.78, 5) is 10.6. The minimum absolute atomic E-state index is 0.290. The number of allylic oxidation sites excluding steroid dienone is 3. The van der Waals surface area contributed by atoms with E-state index in [2.05, 4.69) is 11.3 Å². The second kappa shape index (κ2) is 8.76. The highest BCUT2D eigenvalue weighted by atomic mass is 16.7. The monoisotopic (exact) mass is 354 g/mol. The molecule has 0 aliphatic carbocycles. The minimum Gasteiger partial charge on any atom is -0.493 e. The van der Waals surface area contributed by atoms with Crippen LogP contribution in [0.3, 0.4) is 0 Å². The Morgan fingerprint density at radius 1 is 1.12 bits per heavy atom. The van der Waals surface area contributed by atoms with Gasteiger partial charge in [-0.2, -0.15) is 0 Å². The highest BCUT2D eigenvalue weighted by Gasteiger charge is 2.12. The Morgan fingerprint density at radius 2 is 1.73 bits per heavy atom. The average Bonchev–Trinajstić information content (AvgIpc) is 2.62. The van der Waals surface area contributed by atoms with Crippen molar-refractivity contribution in [1.82, 2.24) is 0 Å². The van der Waals surface area contributed by atoms with E-state index in [0.717, 1.165) is 22.3 Å². The number of carbonyl (C=O) groups is 1. The van der Waals surface area contributed by atoms with Crippen molar-refractivity contribution in [2.75, 3.05) is 14.2 Å². The van der Waals surface area contributed by atoms with Gasteiger partial charge in [0.2, 0.25) is 0 Å². The third-order valence-corrected chi connectivity index (χ3v) is 3.92. The number of hydrogen-bond acceptors (Lipinski definition) is 4. The van der Waals surface area contributed by atoms with Gasteiger partial charge in [0.25, 0.3) is 0 Å². The van der Waals surface area contributed by atoms with Crippen molar-refractivity contribution in [2.45, 2.75) is 13.3 Å². The van der Waals surface area contributed by atoms with Gasteiger partial charge in [-0.25, -0.2) is 4.79 Å². The van der Waals surface area contributed by atoms with Gasteiger partial charge < -0.3 is 19.3 Å². The van der Waals surface area contributed by atoms with Crippen LogP contribution in [0.1, 0.15) is 16.7 Å². The normalized spacial score (nSPS) is 11.0. The molecule has 0 bridgehead atoms. The Bertz CT molecular complexity index is 819. The first-order valence-electron chi connectivity index (χ1n) is 8.02. The van der Waals surface area contributed by atoms with E-state index in [1.807, 2.05) is 37.3 Å². The molecule has 2 rings (SSSR count). The summed E-state index contributed by atoms with van der Waals surface area (Å²) in [5.41, 5.74) is 4.17. The molecule has 0 radical (unpaired) electrons. The fourth-order valence-electron chi connectivity index (χ4n) is 2.71. The lowest BCUT2D eigenvalue weighted by atomic mass is 9.94. The van der Waals surface area contributed by atoms with Gasteiger partial charge in [0.15, 0.2) is 11.5 Å². The van der Waals surface area contributed by atoms with Crippen molar-refractivity contribution >= 4 is 11.7 Å². The zero-order valence-electron chi connectivity index (χ0n) is 15.1. The summed E-state index contributed by atoms with van der Waals surface area (Å²) in [6, 6.07) is 10.8. The maximum absolute atomic E-state index is 10.6. The molecular formula is C21H22O5. The average molecular weight is 354 g/mol. The zero-order valence-corrected chi connectivity index (χ0v) is 15.1. The van der Waals surface area contributed by atoms with Crippen molar-refractivity contribution in [3.05, 3.63) is 71.8 Å². The summed E-state index contributed by atoms with van der Waals surface area (Å²) in [5.74, 6) is 1.63. The molecule has 0 heterocycles. The van der Waals surface area contributed by atoms with E-state index in [1.165, 1.54) is 0 Å². The van der Waals surface area contributed by atoms with Gasteiger partial charge in [0, 0.05) is 0 Å². The topological polar surface area (TPSA) is 65.0 Å². The molecule has 0 aliphatic heterocycles. The summed E-state index contributed by atoms with van der Waals surface area (Å²) in [7, 11) is 3.22. The maximum atomic E-state index is 10.6. The number of carboxylic acid groups (broad SMARTS) is 1. The van der Waals surface area contributed by atoms with E-state index >= 15 is 0 Å². The SMILES string of the molecule is C=C/C=C(/Cc1ccc(OC(=O)O)cc1)c1cc(OC)c(OC)cc1C. The predicted octanol–water partition coefficient (Wildman–Crippen LogP) is 4.88. The first-order chi connectivity index (χ1) is 12.5. The lowest BCUT2D eigenvalue weighted by Gasteiger charge is -2.15. The Balaban J connectivity index is 2.34. The molecule has 136 valence electrons. The van der Waals surface area contributed by atoms with Gasteiger partial charge in [0.05, 0.1) is 14.2 Å². The largest absolute Gasteiger partial charge is 0.511 e. The van der Waals surface area contributed by atoms with Crippen molar-refractivity contribution in [1.29, 1.82) is 0 Å². The molecule has 5 nitrogen and oxygen atoms in total. The molecule has 26 heavy (non-hydrogen) atoms. The Hall–Kier alpha value is -3.21. The van der Waals surface area contributed by atoms with Gasteiger partial charge in [0.1, 0.15) is 5.75 Å². The molecular weight excluding hydrogens is 332 g/mol. The van der Waals surface area contributed by atoms with E-state index in [4.69, 9.17) is 14.6 Å². The summed E-state index contributed by atoms with van der Waals surface area (Å²) in [6.45, 7) is 5.81. The molecule has 0 spiro atoms. The Morgan fingerprint density at radius 3 is 2.27 bits per heavy atom. The molecule has 1 N–H and O–H groups in total. The summed E-state index contributed by atoms with van der Waals surface area (Å²) < 4.78 is 15.4. The fraction of sp³-hybridized carbons (Fsp3) is 0.190. The molecule has 0 aliphatic rings. The fourth-order valence-corrected chi connectivity index (χ4v) is 2.71. The summed E-state index contributed by atoms with van der Waals surface area (Å²) in [5, 5.41) is 8.66. The van der Waals surface area contributed by atoms with Gasteiger partial charge in [-0.05, 0) is 59.9 Å². The highest BCUT2D eigenvalue weighted by molar-refractivity contribution is 5.73. The first kappa shape index (κ1) is 19.1.